The van der Waals surface area contributed by atoms with Crippen LogP contribution in [0.3, 0.4) is 0 Å². The van der Waals surface area contributed by atoms with Crippen LogP contribution >= 0.6 is 0 Å². The first kappa shape index (κ1) is 22.8. The summed E-state index contributed by atoms with van der Waals surface area (Å²) >= 11 is 0. The van der Waals surface area contributed by atoms with Crippen LogP contribution < -0.4 is 0 Å². The predicted molar refractivity (Wildman–Crippen MR) is 73.8 cm³/mol. The van der Waals surface area contributed by atoms with Crippen LogP contribution in [0.5, 0.6) is 0 Å². The van der Waals surface area contributed by atoms with E-state index in [4.69, 9.17) is 4.74 Å². The van der Waals surface area contributed by atoms with Gasteiger partial charge in [0.2, 0.25) is 0 Å². The van der Waals surface area contributed by atoms with Gasteiger partial charge in [0.15, 0.2) is 0 Å². The van der Waals surface area contributed by atoms with Crippen molar-refractivity contribution in [1.29, 1.82) is 0 Å². The maximum absolute atomic E-state index is 11.5. The number of hydrogen-bond donors (Lipinski definition) is 0. The molecular formula is C13H24BO5. The van der Waals surface area contributed by atoms with Gasteiger partial charge < -0.3 is 9.47 Å². The Morgan fingerprint density at radius 1 is 1.11 bits per heavy atom. The van der Waals surface area contributed by atoms with Gasteiger partial charge in [0.25, 0.3) is 0 Å². The molecule has 3 radical (unpaired) electrons. The maximum Gasteiger partial charge on any atom is 0.316 e. The van der Waals surface area contributed by atoms with E-state index in [0.29, 0.717) is 0 Å². The van der Waals surface area contributed by atoms with Crippen LogP contribution in [0.2, 0.25) is 0 Å². The van der Waals surface area contributed by atoms with Gasteiger partial charge in [-0.2, -0.15) is 0 Å². The molecule has 0 saturated heterocycles. The molecule has 0 heterocycles. The molecule has 0 saturated carbocycles. The van der Waals surface area contributed by atoms with E-state index in [9.17, 15) is 14.4 Å². The highest BCUT2D eigenvalue weighted by molar-refractivity contribution is 5.98. The molecule has 1 atom stereocenters. The third kappa shape index (κ3) is 11.5. The van der Waals surface area contributed by atoms with Crippen LogP contribution in [0.1, 0.15) is 47.5 Å². The minimum absolute atomic E-state index is 0. The lowest BCUT2D eigenvalue weighted by Gasteiger charge is -2.14. The van der Waals surface area contributed by atoms with E-state index in [-0.39, 0.29) is 33.1 Å². The number of methoxy groups -OCH3 is 1. The van der Waals surface area contributed by atoms with E-state index < -0.39 is 17.9 Å². The van der Waals surface area contributed by atoms with E-state index in [1.165, 1.54) is 14.0 Å². The lowest BCUT2D eigenvalue weighted by atomic mass is 9.99. The molecule has 0 aromatic carbocycles. The van der Waals surface area contributed by atoms with Crippen molar-refractivity contribution in [1.82, 2.24) is 0 Å². The molecule has 0 aliphatic heterocycles. The Kier molecular flexibility index (Phi) is 15.8. The minimum Gasteiger partial charge on any atom is -0.469 e. The molecule has 0 aromatic rings. The van der Waals surface area contributed by atoms with E-state index in [1.54, 1.807) is 13.8 Å². The average Bonchev–Trinajstić information content (AvgIpc) is 2.30. The Bertz CT molecular complexity index is 276. The van der Waals surface area contributed by atoms with Gasteiger partial charge in [-0.05, 0) is 27.2 Å². The summed E-state index contributed by atoms with van der Waals surface area (Å²) in [4.78, 5) is 33.6. The SMILES string of the molecule is CC.COC(=O)CCC(C(C)=O)C(=O)OC(C)C.[B]. The first-order valence-electron chi connectivity index (χ1n) is 6.16. The minimum atomic E-state index is -0.874. The zero-order chi connectivity index (χ0) is 14.7. The molecule has 0 N–H and O–H groups in total. The van der Waals surface area contributed by atoms with Crippen molar-refractivity contribution in [3.63, 3.8) is 0 Å². The molecule has 0 aliphatic rings. The molecule has 0 aromatic heterocycles. The van der Waals surface area contributed by atoms with Crippen molar-refractivity contribution in [2.75, 3.05) is 7.11 Å². The van der Waals surface area contributed by atoms with Crippen molar-refractivity contribution in [3.05, 3.63) is 0 Å². The number of esters is 2. The second-order valence-electron chi connectivity index (χ2n) is 3.76. The fourth-order valence-corrected chi connectivity index (χ4v) is 1.17. The van der Waals surface area contributed by atoms with Crippen molar-refractivity contribution >= 4 is 26.1 Å². The molecule has 6 heteroatoms. The Morgan fingerprint density at radius 2 is 1.58 bits per heavy atom. The van der Waals surface area contributed by atoms with E-state index in [1.807, 2.05) is 13.8 Å². The summed E-state index contributed by atoms with van der Waals surface area (Å²) < 4.78 is 9.37. The summed E-state index contributed by atoms with van der Waals surface area (Å²) in [5.41, 5.74) is 0. The zero-order valence-electron chi connectivity index (χ0n) is 12.7. The lowest BCUT2D eigenvalue weighted by Crippen LogP contribution is -2.27. The Hall–Kier alpha value is -1.33. The van der Waals surface area contributed by atoms with E-state index in [2.05, 4.69) is 4.74 Å². The van der Waals surface area contributed by atoms with Crippen LogP contribution in [-0.2, 0) is 23.9 Å². The average molecular weight is 271 g/mol. The highest BCUT2D eigenvalue weighted by Gasteiger charge is 2.26. The van der Waals surface area contributed by atoms with Gasteiger partial charge >= 0.3 is 11.9 Å². The highest BCUT2D eigenvalue weighted by Crippen LogP contribution is 2.12. The molecule has 5 nitrogen and oxygen atoms in total. The summed E-state index contributed by atoms with van der Waals surface area (Å²) in [6, 6.07) is 0. The van der Waals surface area contributed by atoms with Gasteiger partial charge in [0.1, 0.15) is 11.7 Å². The molecule has 0 aliphatic carbocycles. The third-order valence-electron chi connectivity index (χ3n) is 1.99. The normalized spacial score (nSPS) is 10.5. The number of Topliss-reactive ketones (excluding diaryl/α,β-unsaturated/α-hetero) is 1. The largest absolute Gasteiger partial charge is 0.469 e. The van der Waals surface area contributed by atoms with Crippen molar-refractivity contribution < 1.29 is 23.9 Å². The van der Waals surface area contributed by atoms with Crippen molar-refractivity contribution in [2.45, 2.75) is 53.6 Å². The van der Waals surface area contributed by atoms with Gasteiger partial charge in [-0.25, -0.2) is 0 Å². The van der Waals surface area contributed by atoms with Crippen molar-refractivity contribution in [2.24, 2.45) is 5.92 Å². The second kappa shape index (κ2) is 13.1. The summed E-state index contributed by atoms with van der Waals surface area (Å²) in [7, 11) is 1.26. The molecule has 0 fully saturated rings. The van der Waals surface area contributed by atoms with Crippen LogP contribution in [0.25, 0.3) is 0 Å². The third-order valence-corrected chi connectivity index (χ3v) is 1.99. The zero-order valence-corrected chi connectivity index (χ0v) is 12.7. The van der Waals surface area contributed by atoms with Gasteiger partial charge in [0, 0.05) is 14.8 Å². The van der Waals surface area contributed by atoms with E-state index >= 15 is 0 Å². The number of carbonyl (C=O) groups is 3. The van der Waals surface area contributed by atoms with Crippen molar-refractivity contribution in [3.8, 4) is 0 Å². The van der Waals surface area contributed by atoms with Gasteiger partial charge in [-0.15, -0.1) is 0 Å². The maximum atomic E-state index is 11.5. The molecule has 0 bridgehead atoms. The number of ether oxygens (including phenoxy) is 2. The summed E-state index contributed by atoms with van der Waals surface area (Å²) in [5.74, 6) is -2.19. The highest BCUT2D eigenvalue weighted by atomic mass is 16.5. The monoisotopic (exact) mass is 271 g/mol. The smallest absolute Gasteiger partial charge is 0.316 e. The molecule has 0 spiro atoms. The molecule has 1 unspecified atom stereocenters. The topological polar surface area (TPSA) is 69.7 Å². The van der Waals surface area contributed by atoms with E-state index in [0.717, 1.165) is 0 Å². The lowest BCUT2D eigenvalue weighted by molar-refractivity contribution is -0.155. The number of carbonyl (C=O) groups excluding carboxylic acids is 3. The fraction of sp³-hybridized carbons (Fsp3) is 0.769. The molecule has 109 valence electrons. The first-order valence-corrected chi connectivity index (χ1v) is 6.16. The summed E-state index contributed by atoms with van der Waals surface area (Å²) in [5, 5.41) is 0. The quantitative estimate of drug-likeness (QED) is 0.418. The van der Waals surface area contributed by atoms with Crippen LogP contribution in [0.15, 0.2) is 0 Å². The molecule has 0 amide bonds. The first-order chi connectivity index (χ1) is 8.38. The van der Waals surface area contributed by atoms with Crippen LogP contribution in [-0.4, -0.2) is 39.3 Å². The molecule has 19 heavy (non-hydrogen) atoms. The van der Waals surface area contributed by atoms with Gasteiger partial charge in [0.05, 0.1) is 13.2 Å². The number of hydrogen-bond acceptors (Lipinski definition) is 5. The standard InChI is InChI=1S/C11H18O5.C2H6.B/c1-7(2)16-11(14)9(8(3)12)5-6-10(13)15-4;1-2;/h7,9H,5-6H2,1-4H3;1-2H3;. The molecular weight excluding hydrogens is 247 g/mol. The van der Waals surface area contributed by atoms with Crippen LogP contribution in [0.4, 0.5) is 0 Å². The Labute approximate surface area is 117 Å². The Morgan fingerprint density at radius 3 is 1.89 bits per heavy atom. The van der Waals surface area contributed by atoms with Crippen LogP contribution in [0, 0.1) is 5.92 Å². The van der Waals surface area contributed by atoms with Gasteiger partial charge in [-0.3, -0.25) is 14.4 Å². The summed E-state index contributed by atoms with van der Waals surface area (Å²) in [6.45, 7) is 8.72. The Balaban J connectivity index is -0.000000809. The summed E-state index contributed by atoms with van der Waals surface area (Å²) in [6.07, 6.45) is -0.103. The van der Waals surface area contributed by atoms with Gasteiger partial charge in [-0.1, -0.05) is 13.8 Å². The molecule has 0 rings (SSSR count). The predicted octanol–water partition coefficient (Wildman–Crippen LogP) is 1.74. The fourth-order valence-electron chi connectivity index (χ4n) is 1.17. The second-order valence-corrected chi connectivity index (χ2v) is 3.76. The number of rotatable bonds is 6. The number of ketones is 1.